The Labute approximate surface area is 112 Å². The molecule has 1 amide bonds. The van der Waals surface area contributed by atoms with Gasteiger partial charge in [-0.05, 0) is 21.5 Å². The second-order valence-corrected chi connectivity index (χ2v) is 4.13. The van der Waals surface area contributed by atoms with E-state index in [2.05, 4.69) is 31.2 Å². The van der Waals surface area contributed by atoms with Crippen LogP contribution in [0, 0.1) is 0 Å². The van der Waals surface area contributed by atoms with E-state index in [0.717, 1.165) is 5.56 Å². The fourth-order valence-corrected chi connectivity index (χ4v) is 1.58. The topological polar surface area (TPSA) is 64.1 Å². The molecule has 0 bridgehead atoms. The van der Waals surface area contributed by atoms with E-state index in [4.69, 9.17) is 4.74 Å². The zero-order valence-corrected chi connectivity index (χ0v) is 10.9. The summed E-state index contributed by atoms with van der Waals surface area (Å²) in [5.41, 5.74) is 0.922. The molecular formula is C12H10BrN3O2. The Morgan fingerprint density at radius 3 is 2.67 bits per heavy atom. The highest BCUT2D eigenvalue weighted by atomic mass is 79.9. The van der Waals surface area contributed by atoms with Gasteiger partial charge in [-0.1, -0.05) is 30.3 Å². The van der Waals surface area contributed by atoms with Gasteiger partial charge in [0, 0.05) is 12.4 Å². The van der Waals surface area contributed by atoms with Crippen LogP contribution in [0.4, 0.5) is 10.6 Å². The van der Waals surface area contributed by atoms with Gasteiger partial charge in [0.05, 0.1) is 0 Å². The Bertz CT molecular complexity index is 534. The van der Waals surface area contributed by atoms with Crippen LogP contribution in [0.3, 0.4) is 0 Å². The molecule has 92 valence electrons. The van der Waals surface area contributed by atoms with Gasteiger partial charge in [-0.25, -0.2) is 14.8 Å². The van der Waals surface area contributed by atoms with Crippen LogP contribution in [0.15, 0.2) is 47.3 Å². The summed E-state index contributed by atoms with van der Waals surface area (Å²) in [4.78, 5) is 19.4. The predicted molar refractivity (Wildman–Crippen MR) is 70.0 cm³/mol. The maximum absolute atomic E-state index is 11.5. The molecule has 0 aliphatic heterocycles. The van der Waals surface area contributed by atoms with E-state index < -0.39 is 6.09 Å². The molecule has 2 aromatic rings. The van der Waals surface area contributed by atoms with Crippen LogP contribution in [-0.2, 0) is 11.3 Å². The van der Waals surface area contributed by atoms with Crippen LogP contribution in [0.2, 0.25) is 0 Å². The molecule has 6 heteroatoms. The number of anilines is 1. The minimum atomic E-state index is -0.569. The van der Waals surface area contributed by atoms with E-state index in [9.17, 15) is 4.79 Å². The Morgan fingerprint density at radius 1 is 1.22 bits per heavy atom. The average Bonchev–Trinajstić information content (AvgIpc) is 2.40. The highest BCUT2D eigenvalue weighted by Crippen LogP contribution is 2.15. The minimum absolute atomic E-state index is 0.213. The van der Waals surface area contributed by atoms with Crippen molar-refractivity contribution in [1.29, 1.82) is 0 Å². The highest BCUT2D eigenvalue weighted by molar-refractivity contribution is 9.10. The molecule has 0 saturated heterocycles. The fourth-order valence-electron chi connectivity index (χ4n) is 1.26. The highest BCUT2D eigenvalue weighted by Gasteiger charge is 2.07. The van der Waals surface area contributed by atoms with E-state index in [0.29, 0.717) is 10.4 Å². The number of ether oxygens (including phenoxy) is 1. The third-order valence-corrected chi connectivity index (χ3v) is 2.67. The molecule has 5 nitrogen and oxygen atoms in total. The molecule has 0 aliphatic carbocycles. The second-order valence-electron chi connectivity index (χ2n) is 3.38. The van der Waals surface area contributed by atoms with Gasteiger partial charge in [-0.2, -0.15) is 0 Å². The van der Waals surface area contributed by atoms with Gasteiger partial charge in [-0.3, -0.25) is 5.32 Å². The summed E-state index contributed by atoms with van der Waals surface area (Å²) in [6.07, 6.45) is 2.43. The third kappa shape index (κ3) is 3.53. The van der Waals surface area contributed by atoms with Gasteiger partial charge >= 0.3 is 6.09 Å². The first kappa shape index (κ1) is 12.5. The molecule has 0 spiro atoms. The number of hydrogen-bond donors (Lipinski definition) is 1. The molecule has 1 N–H and O–H groups in total. The van der Waals surface area contributed by atoms with Gasteiger partial charge in [0.2, 0.25) is 0 Å². The largest absolute Gasteiger partial charge is 0.444 e. The van der Waals surface area contributed by atoms with Crippen LogP contribution in [0.1, 0.15) is 5.56 Å². The van der Waals surface area contributed by atoms with Crippen molar-refractivity contribution >= 4 is 27.8 Å². The van der Waals surface area contributed by atoms with Crippen molar-refractivity contribution in [2.75, 3.05) is 5.32 Å². The Hall–Kier alpha value is -1.95. The summed E-state index contributed by atoms with van der Waals surface area (Å²) in [7, 11) is 0. The number of rotatable bonds is 3. The first-order chi connectivity index (χ1) is 8.75. The summed E-state index contributed by atoms with van der Waals surface area (Å²) in [6.45, 7) is 0.213. The monoisotopic (exact) mass is 307 g/mol. The number of carbonyl (C=O) groups excluding carboxylic acids is 1. The average molecular weight is 308 g/mol. The van der Waals surface area contributed by atoms with Gasteiger partial charge in [0.15, 0.2) is 5.82 Å². The first-order valence-corrected chi connectivity index (χ1v) is 5.99. The normalized spacial score (nSPS) is 9.83. The summed E-state index contributed by atoms with van der Waals surface area (Å²) in [5.74, 6) is 0.329. The molecule has 0 unspecified atom stereocenters. The predicted octanol–water partition coefficient (Wildman–Crippen LogP) is 2.99. The molecule has 0 fully saturated rings. The molecule has 0 radical (unpaired) electrons. The van der Waals surface area contributed by atoms with Gasteiger partial charge < -0.3 is 4.74 Å². The number of benzene rings is 1. The van der Waals surface area contributed by atoms with E-state index >= 15 is 0 Å². The van der Waals surface area contributed by atoms with Gasteiger partial charge in [0.25, 0.3) is 0 Å². The van der Waals surface area contributed by atoms with Crippen LogP contribution < -0.4 is 5.32 Å². The molecule has 1 heterocycles. The molecule has 0 atom stereocenters. The van der Waals surface area contributed by atoms with Crippen molar-refractivity contribution in [3.05, 3.63) is 52.9 Å². The molecule has 0 aliphatic rings. The lowest BCUT2D eigenvalue weighted by Gasteiger charge is -2.06. The van der Waals surface area contributed by atoms with Crippen molar-refractivity contribution < 1.29 is 9.53 Å². The van der Waals surface area contributed by atoms with Crippen molar-refractivity contribution in [3.63, 3.8) is 0 Å². The molecule has 2 rings (SSSR count). The maximum Gasteiger partial charge on any atom is 0.413 e. The fraction of sp³-hybridized carbons (Fsp3) is 0.0833. The number of hydrogen-bond acceptors (Lipinski definition) is 4. The lowest BCUT2D eigenvalue weighted by molar-refractivity contribution is 0.155. The van der Waals surface area contributed by atoms with Crippen molar-refractivity contribution in [2.24, 2.45) is 0 Å². The van der Waals surface area contributed by atoms with Gasteiger partial charge in [0.1, 0.15) is 11.2 Å². The van der Waals surface area contributed by atoms with Crippen molar-refractivity contribution in [1.82, 2.24) is 9.97 Å². The summed E-state index contributed by atoms with van der Waals surface area (Å²) in [6, 6.07) is 9.43. The molecule has 1 aromatic carbocycles. The van der Waals surface area contributed by atoms with E-state index in [1.54, 1.807) is 0 Å². The van der Waals surface area contributed by atoms with Crippen LogP contribution >= 0.6 is 15.9 Å². The Morgan fingerprint density at radius 2 is 1.94 bits per heavy atom. The Kier molecular flexibility index (Phi) is 4.25. The lowest BCUT2D eigenvalue weighted by atomic mass is 10.2. The van der Waals surface area contributed by atoms with E-state index in [-0.39, 0.29) is 6.61 Å². The summed E-state index contributed by atoms with van der Waals surface area (Å²) >= 11 is 3.18. The molecule has 18 heavy (non-hydrogen) atoms. The second kappa shape index (κ2) is 6.11. The summed E-state index contributed by atoms with van der Waals surface area (Å²) in [5, 5.41) is 2.50. The Balaban J connectivity index is 1.88. The van der Waals surface area contributed by atoms with E-state index in [1.165, 1.54) is 12.4 Å². The number of aromatic nitrogens is 2. The minimum Gasteiger partial charge on any atom is -0.444 e. The third-order valence-electron chi connectivity index (χ3n) is 2.09. The zero-order valence-electron chi connectivity index (χ0n) is 9.34. The molecular weight excluding hydrogens is 298 g/mol. The van der Waals surface area contributed by atoms with Crippen LogP contribution in [0.25, 0.3) is 0 Å². The number of carbonyl (C=O) groups is 1. The van der Waals surface area contributed by atoms with Crippen LogP contribution in [0.5, 0.6) is 0 Å². The number of nitrogens with zero attached hydrogens (tertiary/aromatic N) is 2. The van der Waals surface area contributed by atoms with Crippen molar-refractivity contribution in [3.8, 4) is 0 Å². The molecule has 0 saturated carbocycles. The first-order valence-electron chi connectivity index (χ1n) is 5.20. The summed E-state index contributed by atoms with van der Waals surface area (Å²) < 4.78 is 5.51. The van der Waals surface area contributed by atoms with Crippen molar-refractivity contribution in [2.45, 2.75) is 6.61 Å². The number of amides is 1. The molecule has 1 aromatic heterocycles. The number of halogens is 1. The smallest absolute Gasteiger partial charge is 0.413 e. The zero-order chi connectivity index (χ0) is 12.8. The quantitative estimate of drug-likeness (QED) is 0.946. The maximum atomic E-state index is 11.5. The number of nitrogens with one attached hydrogen (secondary N) is 1. The lowest BCUT2D eigenvalue weighted by Crippen LogP contribution is -2.15. The standard InChI is InChI=1S/C12H10BrN3O2/c13-10-11(15-7-6-14-10)16-12(17)18-8-9-4-2-1-3-5-9/h1-7H,8H2,(H,15,16,17). The SMILES string of the molecule is O=C(Nc1nccnc1Br)OCc1ccccc1. The van der Waals surface area contributed by atoms with Gasteiger partial charge in [-0.15, -0.1) is 0 Å². The van der Waals surface area contributed by atoms with Crippen LogP contribution in [-0.4, -0.2) is 16.1 Å². The van der Waals surface area contributed by atoms with E-state index in [1.807, 2.05) is 30.3 Å².